The Hall–Kier alpha value is -3.78. The first-order chi connectivity index (χ1) is 14.8. The van der Waals surface area contributed by atoms with Crippen LogP contribution in [0.2, 0.25) is 0 Å². The molecule has 0 aliphatic rings. The molecule has 0 unspecified atom stereocenters. The molecule has 8 heteroatoms. The van der Waals surface area contributed by atoms with Crippen LogP contribution in [-0.4, -0.2) is 28.6 Å². The van der Waals surface area contributed by atoms with E-state index in [1.165, 1.54) is 0 Å². The van der Waals surface area contributed by atoms with Gasteiger partial charge < -0.3 is 20.1 Å². The predicted molar refractivity (Wildman–Crippen MR) is 117 cm³/mol. The molecule has 0 bridgehead atoms. The number of carbonyl (C=O) groups is 2. The molecule has 3 aromatic rings. The third-order valence-corrected chi connectivity index (χ3v) is 4.64. The monoisotopic (exact) mass is 420 g/mol. The summed E-state index contributed by atoms with van der Waals surface area (Å²) in [6, 6.07) is 16.2. The molecule has 0 saturated carbocycles. The number of aromatic amines is 1. The standard InChI is InChI=1S/C23H24N4O4/c1-14-21(16(3)28)15(2)24-22(14)23(30)31-13-20(29)25-17-9-11-19(12-10-17)27-26-18-7-5-4-6-8-18/h4-12,16,24,28H,13H2,1-3H3,(H,25,29)/t16-/m0/s1. The number of amides is 1. The van der Waals surface area contributed by atoms with Gasteiger partial charge in [0, 0.05) is 16.9 Å². The van der Waals surface area contributed by atoms with Crippen LogP contribution in [0.3, 0.4) is 0 Å². The van der Waals surface area contributed by atoms with E-state index in [-0.39, 0.29) is 5.69 Å². The van der Waals surface area contributed by atoms with Crippen LogP contribution in [0.1, 0.15) is 40.3 Å². The molecule has 160 valence electrons. The number of anilines is 1. The Balaban J connectivity index is 1.53. The number of H-pyrrole nitrogens is 1. The highest BCUT2D eigenvalue weighted by atomic mass is 16.5. The van der Waals surface area contributed by atoms with E-state index < -0.39 is 24.6 Å². The number of aliphatic hydroxyl groups is 1. The summed E-state index contributed by atoms with van der Waals surface area (Å²) in [7, 11) is 0. The molecule has 1 amide bonds. The number of carbonyl (C=O) groups excluding carboxylic acids is 2. The van der Waals surface area contributed by atoms with Crippen molar-refractivity contribution >= 4 is 28.9 Å². The number of aliphatic hydroxyl groups excluding tert-OH is 1. The van der Waals surface area contributed by atoms with Gasteiger partial charge in [0.2, 0.25) is 0 Å². The maximum absolute atomic E-state index is 12.3. The molecule has 0 saturated heterocycles. The molecule has 0 radical (unpaired) electrons. The van der Waals surface area contributed by atoms with E-state index in [1.54, 1.807) is 45.0 Å². The van der Waals surface area contributed by atoms with Crippen LogP contribution in [0, 0.1) is 13.8 Å². The Bertz CT molecular complexity index is 1090. The summed E-state index contributed by atoms with van der Waals surface area (Å²) in [4.78, 5) is 27.3. The van der Waals surface area contributed by atoms with Crippen LogP contribution in [0.25, 0.3) is 0 Å². The van der Waals surface area contributed by atoms with Gasteiger partial charge in [-0.15, -0.1) is 0 Å². The minimum Gasteiger partial charge on any atom is -0.451 e. The number of aromatic nitrogens is 1. The normalized spacial score (nSPS) is 12.0. The van der Waals surface area contributed by atoms with E-state index in [9.17, 15) is 14.7 Å². The molecule has 1 atom stereocenters. The number of azo groups is 1. The second kappa shape index (κ2) is 9.82. The lowest BCUT2D eigenvalue weighted by Crippen LogP contribution is -2.21. The van der Waals surface area contributed by atoms with Crippen molar-refractivity contribution < 1.29 is 19.4 Å². The van der Waals surface area contributed by atoms with Crippen molar-refractivity contribution in [3.63, 3.8) is 0 Å². The second-order valence-corrected chi connectivity index (χ2v) is 7.05. The molecule has 0 aliphatic carbocycles. The van der Waals surface area contributed by atoms with E-state index >= 15 is 0 Å². The smallest absolute Gasteiger partial charge is 0.355 e. The molecule has 31 heavy (non-hydrogen) atoms. The number of hydrogen-bond acceptors (Lipinski definition) is 6. The third kappa shape index (κ3) is 5.64. The van der Waals surface area contributed by atoms with E-state index in [2.05, 4.69) is 20.5 Å². The molecule has 1 heterocycles. The average Bonchev–Trinajstić information content (AvgIpc) is 3.06. The minimum absolute atomic E-state index is 0.231. The first-order valence-electron chi connectivity index (χ1n) is 9.76. The number of nitrogens with one attached hydrogen (secondary N) is 2. The first kappa shape index (κ1) is 21.9. The molecule has 3 rings (SSSR count). The number of rotatable bonds is 7. The van der Waals surface area contributed by atoms with Gasteiger partial charge in [-0.25, -0.2) is 4.79 Å². The Kier molecular flexibility index (Phi) is 6.94. The summed E-state index contributed by atoms with van der Waals surface area (Å²) in [5, 5.41) is 20.8. The SMILES string of the molecule is Cc1[nH]c(C(=O)OCC(=O)Nc2ccc(N=Nc3ccccc3)cc2)c(C)c1[C@H](C)O. The van der Waals surface area contributed by atoms with E-state index in [0.29, 0.717) is 28.2 Å². The Morgan fingerprint density at radius 3 is 2.23 bits per heavy atom. The van der Waals surface area contributed by atoms with Crippen LogP contribution in [-0.2, 0) is 9.53 Å². The molecule has 2 aromatic carbocycles. The second-order valence-electron chi connectivity index (χ2n) is 7.05. The van der Waals surface area contributed by atoms with Crippen molar-refractivity contribution in [1.82, 2.24) is 4.98 Å². The van der Waals surface area contributed by atoms with Gasteiger partial charge in [-0.05, 0) is 62.7 Å². The van der Waals surface area contributed by atoms with Crippen LogP contribution < -0.4 is 5.32 Å². The lowest BCUT2D eigenvalue weighted by molar-refractivity contribution is -0.119. The fourth-order valence-corrected chi connectivity index (χ4v) is 3.22. The zero-order valence-corrected chi connectivity index (χ0v) is 17.5. The summed E-state index contributed by atoms with van der Waals surface area (Å²) in [6.45, 7) is 4.68. The van der Waals surface area contributed by atoms with Crippen molar-refractivity contribution in [1.29, 1.82) is 0 Å². The molecular formula is C23H24N4O4. The van der Waals surface area contributed by atoms with Crippen molar-refractivity contribution in [2.75, 3.05) is 11.9 Å². The van der Waals surface area contributed by atoms with Gasteiger partial charge in [-0.1, -0.05) is 18.2 Å². The fraction of sp³-hybridized carbons (Fsp3) is 0.217. The lowest BCUT2D eigenvalue weighted by Gasteiger charge is -2.07. The molecule has 8 nitrogen and oxygen atoms in total. The third-order valence-electron chi connectivity index (χ3n) is 4.64. The highest BCUT2D eigenvalue weighted by Crippen LogP contribution is 2.25. The van der Waals surface area contributed by atoms with E-state index in [0.717, 1.165) is 5.69 Å². The average molecular weight is 420 g/mol. The van der Waals surface area contributed by atoms with E-state index in [4.69, 9.17) is 4.74 Å². The predicted octanol–water partition coefficient (Wildman–Crippen LogP) is 4.90. The number of esters is 1. The minimum atomic E-state index is -0.712. The topological polar surface area (TPSA) is 116 Å². The van der Waals surface area contributed by atoms with Gasteiger partial charge in [0.15, 0.2) is 6.61 Å². The largest absolute Gasteiger partial charge is 0.451 e. The fourth-order valence-electron chi connectivity index (χ4n) is 3.22. The summed E-state index contributed by atoms with van der Waals surface area (Å²) < 4.78 is 5.10. The summed E-state index contributed by atoms with van der Waals surface area (Å²) in [6.07, 6.45) is -0.712. The maximum atomic E-state index is 12.3. The van der Waals surface area contributed by atoms with Gasteiger partial charge in [0.1, 0.15) is 5.69 Å². The van der Waals surface area contributed by atoms with Crippen molar-refractivity contribution in [2.24, 2.45) is 10.2 Å². The number of hydrogen-bond donors (Lipinski definition) is 3. The summed E-state index contributed by atoms with van der Waals surface area (Å²) >= 11 is 0. The Morgan fingerprint density at radius 2 is 1.65 bits per heavy atom. The highest BCUT2D eigenvalue weighted by Gasteiger charge is 2.21. The molecule has 0 aliphatic heterocycles. The quantitative estimate of drug-likeness (QED) is 0.372. The molecule has 0 fully saturated rings. The first-order valence-corrected chi connectivity index (χ1v) is 9.76. The van der Waals surface area contributed by atoms with Crippen LogP contribution in [0.15, 0.2) is 64.8 Å². The van der Waals surface area contributed by atoms with E-state index in [1.807, 2.05) is 30.3 Å². The Labute approximate surface area is 180 Å². The van der Waals surface area contributed by atoms with Crippen LogP contribution >= 0.6 is 0 Å². The lowest BCUT2D eigenvalue weighted by atomic mass is 10.1. The van der Waals surface area contributed by atoms with Crippen molar-refractivity contribution in [3.8, 4) is 0 Å². The zero-order chi connectivity index (χ0) is 22.4. The van der Waals surface area contributed by atoms with Crippen molar-refractivity contribution in [2.45, 2.75) is 26.9 Å². The van der Waals surface area contributed by atoms with Crippen LogP contribution in [0.4, 0.5) is 17.1 Å². The number of ether oxygens (including phenoxy) is 1. The number of benzene rings is 2. The number of nitrogens with zero attached hydrogens (tertiary/aromatic N) is 2. The van der Waals surface area contributed by atoms with Gasteiger partial charge in [-0.2, -0.15) is 10.2 Å². The molecule has 1 aromatic heterocycles. The highest BCUT2D eigenvalue weighted by molar-refractivity contribution is 5.95. The van der Waals surface area contributed by atoms with Gasteiger partial charge in [-0.3, -0.25) is 4.79 Å². The Morgan fingerprint density at radius 1 is 1.03 bits per heavy atom. The van der Waals surface area contributed by atoms with Crippen molar-refractivity contribution in [3.05, 3.63) is 77.1 Å². The summed E-state index contributed by atoms with van der Waals surface area (Å²) in [5.74, 6) is -1.12. The molecule has 0 spiro atoms. The summed E-state index contributed by atoms with van der Waals surface area (Å²) in [5.41, 5.74) is 4.11. The van der Waals surface area contributed by atoms with Gasteiger partial charge in [0.05, 0.1) is 17.5 Å². The number of aryl methyl sites for hydroxylation is 1. The van der Waals surface area contributed by atoms with Crippen LogP contribution in [0.5, 0.6) is 0 Å². The zero-order valence-electron chi connectivity index (χ0n) is 17.5. The van der Waals surface area contributed by atoms with Gasteiger partial charge >= 0.3 is 5.97 Å². The maximum Gasteiger partial charge on any atom is 0.355 e. The molecule has 3 N–H and O–H groups in total. The van der Waals surface area contributed by atoms with Gasteiger partial charge in [0.25, 0.3) is 5.91 Å². The molecular weight excluding hydrogens is 396 g/mol.